The molecule has 0 saturated heterocycles. The molecule has 0 amide bonds. The van der Waals surface area contributed by atoms with Crippen molar-refractivity contribution in [3.63, 3.8) is 0 Å². The second kappa shape index (κ2) is 5.06. The summed E-state index contributed by atoms with van der Waals surface area (Å²) in [5.74, 6) is 1.10. The van der Waals surface area contributed by atoms with Crippen LogP contribution in [0.3, 0.4) is 0 Å². The molecule has 2 aromatic rings. The summed E-state index contributed by atoms with van der Waals surface area (Å²) in [6, 6.07) is 7.49. The molecule has 0 radical (unpaired) electrons. The van der Waals surface area contributed by atoms with E-state index in [-0.39, 0.29) is 0 Å². The fourth-order valence-corrected chi connectivity index (χ4v) is 2.42. The van der Waals surface area contributed by atoms with Crippen LogP contribution in [0, 0.1) is 6.92 Å². The summed E-state index contributed by atoms with van der Waals surface area (Å²) in [5.41, 5.74) is 7.40. The molecule has 0 spiro atoms. The fourth-order valence-electron chi connectivity index (χ4n) is 1.29. The van der Waals surface area contributed by atoms with E-state index in [2.05, 4.69) is 36.8 Å². The zero-order valence-corrected chi connectivity index (χ0v) is 12.2. The molecule has 1 aromatic carbocycles. The van der Waals surface area contributed by atoms with Gasteiger partial charge in [-0.05, 0) is 52.7 Å². The number of anilines is 1. The van der Waals surface area contributed by atoms with Gasteiger partial charge in [0.25, 0.3) is 0 Å². The van der Waals surface area contributed by atoms with Crippen LogP contribution in [0.1, 0.15) is 5.56 Å². The zero-order valence-electron chi connectivity index (χ0n) is 9.08. The number of benzene rings is 1. The van der Waals surface area contributed by atoms with Crippen molar-refractivity contribution in [1.82, 2.24) is 4.98 Å². The number of rotatable bonds is 2. The molecule has 0 unspecified atom stereocenters. The minimum absolute atomic E-state index is 0.424. The number of ether oxygens (including phenoxy) is 1. The van der Waals surface area contributed by atoms with Gasteiger partial charge in [-0.25, -0.2) is 4.98 Å². The lowest BCUT2D eigenvalue weighted by atomic mass is 10.2. The fraction of sp³-hybridized carbons (Fsp3) is 0.0833. The highest BCUT2D eigenvalue weighted by atomic mass is 79.9. The molecule has 3 nitrogen and oxygen atoms in total. The van der Waals surface area contributed by atoms with Gasteiger partial charge in [-0.1, -0.05) is 15.9 Å². The van der Waals surface area contributed by atoms with Crippen LogP contribution in [0.4, 0.5) is 5.69 Å². The van der Waals surface area contributed by atoms with Crippen molar-refractivity contribution in [3.8, 4) is 11.6 Å². The van der Waals surface area contributed by atoms with Crippen LogP contribution >= 0.6 is 31.9 Å². The third kappa shape index (κ3) is 2.79. The van der Waals surface area contributed by atoms with Gasteiger partial charge < -0.3 is 10.5 Å². The van der Waals surface area contributed by atoms with Crippen LogP contribution in [0.15, 0.2) is 39.4 Å². The van der Waals surface area contributed by atoms with Gasteiger partial charge in [0.2, 0.25) is 5.88 Å². The predicted octanol–water partition coefficient (Wildman–Crippen LogP) is 4.29. The van der Waals surface area contributed by atoms with E-state index < -0.39 is 0 Å². The maximum atomic E-state index is 5.90. The predicted molar refractivity (Wildman–Crippen MR) is 75.3 cm³/mol. The van der Waals surface area contributed by atoms with Gasteiger partial charge in [0.15, 0.2) is 0 Å². The number of hydrogen-bond acceptors (Lipinski definition) is 3. The van der Waals surface area contributed by atoms with Gasteiger partial charge in [0.1, 0.15) is 5.75 Å². The van der Waals surface area contributed by atoms with Crippen LogP contribution < -0.4 is 10.5 Å². The number of aryl methyl sites for hydroxylation is 1. The number of aromatic nitrogens is 1. The van der Waals surface area contributed by atoms with Crippen LogP contribution in [0.5, 0.6) is 11.6 Å². The lowest BCUT2D eigenvalue weighted by molar-refractivity contribution is 0.462. The molecule has 2 rings (SSSR count). The second-order valence-electron chi connectivity index (χ2n) is 3.52. The molecule has 17 heavy (non-hydrogen) atoms. The molecule has 0 fully saturated rings. The minimum Gasteiger partial charge on any atom is -0.436 e. The summed E-state index contributed by atoms with van der Waals surface area (Å²) in [5, 5.41) is 0. The van der Waals surface area contributed by atoms with Crippen molar-refractivity contribution >= 4 is 37.5 Å². The van der Waals surface area contributed by atoms with Crippen molar-refractivity contribution in [2.45, 2.75) is 6.92 Å². The highest BCUT2D eigenvalue weighted by Crippen LogP contribution is 2.33. The van der Waals surface area contributed by atoms with Crippen molar-refractivity contribution in [1.29, 1.82) is 0 Å². The summed E-state index contributed by atoms with van der Waals surface area (Å²) in [4.78, 5) is 4.12. The molecule has 0 saturated carbocycles. The maximum Gasteiger partial charge on any atom is 0.242 e. The third-order valence-corrected chi connectivity index (χ3v) is 3.39. The van der Waals surface area contributed by atoms with E-state index >= 15 is 0 Å². The first-order chi connectivity index (χ1) is 8.08. The van der Waals surface area contributed by atoms with E-state index in [9.17, 15) is 0 Å². The Morgan fingerprint density at radius 2 is 2.00 bits per heavy atom. The normalized spacial score (nSPS) is 10.3. The van der Waals surface area contributed by atoms with Gasteiger partial charge in [0.05, 0.1) is 10.2 Å². The van der Waals surface area contributed by atoms with E-state index in [1.807, 2.05) is 31.2 Å². The van der Waals surface area contributed by atoms with Crippen LogP contribution in [0.2, 0.25) is 0 Å². The van der Waals surface area contributed by atoms with Crippen LogP contribution in [0.25, 0.3) is 0 Å². The quantitative estimate of drug-likeness (QED) is 0.872. The van der Waals surface area contributed by atoms with Crippen molar-refractivity contribution in [2.75, 3.05) is 5.73 Å². The first-order valence-corrected chi connectivity index (χ1v) is 6.50. The lowest BCUT2D eigenvalue weighted by Crippen LogP contribution is -1.97. The summed E-state index contributed by atoms with van der Waals surface area (Å²) in [7, 11) is 0. The average Bonchev–Trinajstić information content (AvgIpc) is 2.28. The van der Waals surface area contributed by atoms with Crippen molar-refractivity contribution in [3.05, 3.63) is 45.0 Å². The molecule has 5 heteroatoms. The summed E-state index contributed by atoms with van der Waals surface area (Å²) >= 11 is 6.81. The second-order valence-corrected chi connectivity index (χ2v) is 5.29. The SMILES string of the molecule is Cc1ccnc(Oc2ccc(Br)cc2Br)c1N. The number of hydrogen-bond donors (Lipinski definition) is 1. The molecular weight excluding hydrogens is 348 g/mol. The molecule has 1 aromatic heterocycles. The Balaban J connectivity index is 2.35. The molecule has 0 atom stereocenters. The number of halogens is 2. The van der Waals surface area contributed by atoms with Gasteiger partial charge in [0, 0.05) is 10.7 Å². The zero-order chi connectivity index (χ0) is 12.4. The van der Waals surface area contributed by atoms with E-state index in [0.29, 0.717) is 17.3 Å². The van der Waals surface area contributed by atoms with Gasteiger partial charge >= 0.3 is 0 Å². The molecule has 88 valence electrons. The Kier molecular flexibility index (Phi) is 3.69. The Bertz CT molecular complexity index is 558. The molecule has 0 aliphatic carbocycles. The molecule has 0 aliphatic rings. The first kappa shape index (κ1) is 12.4. The Morgan fingerprint density at radius 1 is 1.24 bits per heavy atom. The van der Waals surface area contributed by atoms with Crippen molar-refractivity contribution in [2.24, 2.45) is 0 Å². The first-order valence-electron chi connectivity index (χ1n) is 4.92. The van der Waals surface area contributed by atoms with E-state index in [0.717, 1.165) is 14.5 Å². The molecule has 0 aliphatic heterocycles. The highest BCUT2D eigenvalue weighted by molar-refractivity contribution is 9.11. The smallest absolute Gasteiger partial charge is 0.242 e. The maximum absolute atomic E-state index is 5.90. The minimum atomic E-state index is 0.424. The highest BCUT2D eigenvalue weighted by Gasteiger charge is 2.08. The standard InChI is InChI=1S/C12H10Br2N2O/c1-7-4-5-16-12(11(7)15)17-10-3-2-8(13)6-9(10)14/h2-6H,15H2,1H3. The summed E-state index contributed by atoms with van der Waals surface area (Å²) < 4.78 is 7.49. The topological polar surface area (TPSA) is 48.1 Å². The van der Waals surface area contributed by atoms with Crippen LogP contribution in [-0.4, -0.2) is 4.98 Å². The molecule has 2 N–H and O–H groups in total. The van der Waals surface area contributed by atoms with Gasteiger partial charge in [-0.2, -0.15) is 0 Å². The largest absolute Gasteiger partial charge is 0.436 e. The van der Waals surface area contributed by atoms with E-state index in [1.165, 1.54) is 0 Å². The Morgan fingerprint density at radius 3 is 2.71 bits per heavy atom. The van der Waals surface area contributed by atoms with Crippen molar-refractivity contribution < 1.29 is 4.74 Å². The Labute approximate surface area is 116 Å². The summed E-state index contributed by atoms with van der Waals surface area (Å²) in [6.45, 7) is 1.92. The van der Waals surface area contributed by atoms with Gasteiger partial charge in [-0.15, -0.1) is 0 Å². The summed E-state index contributed by atoms with van der Waals surface area (Å²) in [6.07, 6.45) is 1.67. The van der Waals surface area contributed by atoms with E-state index in [4.69, 9.17) is 10.5 Å². The average molecular weight is 358 g/mol. The Hall–Kier alpha value is -1.07. The number of nitrogens with two attached hydrogens (primary N) is 1. The number of nitrogen functional groups attached to an aromatic ring is 1. The van der Waals surface area contributed by atoms with Gasteiger partial charge in [-0.3, -0.25) is 0 Å². The lowest BCUT2D eigenvalue weighted by Gasteiger charge is -2.10. The monoisotopic (exact) mass is 356 g/mol. The number of pyridine rings is 1. The third-order valence-electron chi connectivity index (χ3n) is 2.27. The molecule has 1 heterocycles. The number of nitrogens with zero attached hydrogens (tertiary/aromatic N) is 1. The van der Waals surface area contributed by atoms with E-state index in [1.54, 1.807) is 6.20 Å². The molecule has 0 bridgehead atoms. The molecular formula is C12H10Br2N2O. The van der Waals surface area contributed by atoms with Crippen LogP contribution in [-0.2, 0) is 0 Å².